The number of nitrogens with two attached hydrogens (primary N) is 1. The highest BCUT2D eigenvalue weighted by Crippen LogP contribution is 2.20. The average Bonchev–Trinajstić information content (AvgIpc) is 2.61. The zero-order chi connectivity index (χ0) is 10.7. The first kappa shape index (κ1) is 9.56. The molecule has 0 spiro atoms. The topological polar surface area (TPSA) is 72.3 Å². The van der Waals surface area contributed by atoms with Crippen molar-refractivity contribution in [1.82, 2.24) is 5.16 Å². The van der Waals surface area contributed by atoms with Crippen LogP contribution in [0.2, 0.25) is 0 Å². The van der Waals surface area contributed by atoms with Gasteiger partial charge in [0.2, 0.25) is 0 Å². The third-order valence-corrected chi connectivity index (χ3v) is 1.97. The molecule has 2 rings (SSSR count). The van der Waals surface area contributed by atoms with E-state index >= 15 is 0 Å². The van der Waals surface area contributed by atoms with Gasteiger partial charge >= 0.3 is 0 Å². The molecule has 2 aromatic rings. The summed E-state index contributed by atoms with van der Waals surface area (Å²) in [6.45, 7) is 0.0741. The number of fused-ring (bicyclic) bond motifs is 1. The molecule has 0 aliphatic rings. The lowest BCUT2D eigenvalue weighted by molar-refractivity contribution is 0.305. The van der Waals surface area contributed by atoms with Crippen molar-refractivity contribution in [1.29, 1.82) is 0 Å². The third kappa shape index (κ3) is 1.92. The van der Waals surface area contributed by atoms with Crippen molar-refractivity contribution in [2.45, 2.75) is 6.42 Å². The molecule has 0 unspecified atom stereocenters. The Morgan fingerprint density at radius 2 is 2.33 bits per heavy atom. The van der Waals surface area contributed by atoms with E-state index in [2.05, 4.69) is 17.0 Å². The van der Waals surface area contributed by atoms with E-state index in [1.165, 1.54) is 0 Å². The maximum Gasteiger partial charge on any atom is 0.174 e. The van der Waals surface area contributed by atoms with Gasteiger partial charge in [0, 0.05) is 12.0 Å². The molecule has 0 saturated carbocycles. The number of rotatable bonds is 1. The molecule has 3 N–H and O–H groups in total. The summed E-state index contributed by atoms with van der Waals surface area (Å²) in [4.78, 5) is 0. The first-order valence-corrected chi connectivity index (χ1v) is 4.56. The Labute approximate surface area is 86.7 Å². The lowest BCUT2D eigenvalue weighted by atomic mass is 10.1. The van der Waals surface area contributed by atoms with Crippen molar-refractivity contribution in [3.8, 4) is 11.8 Å². The molecule has 4 heteroatoms. The summed E-state index contributed by atoms with van der Waals surface area (Å²) < 4.78 is 4.97. The van der Waals surface area contributed by atoms with Gasteiger partial charge < -0.3 is 15.4 Å². The Hall–Kier alpha value is -1.99. The molecule has 0 atom stereocenters. The summed E-state index contributed by atoms with van der Waals surface area (Å²) in [5, 5.41) is 13.0. The molecule has 0 aliphatic carbocycles. The van der Waals surface area contributed by atoms with Gasteiger partial charge in [-0.15, -0.1) is 0 Å². The molecule has 76 valence electrons. The normalized spacial score (nSPS) is 9.93. The highest BCUT2D eigenvalue weighted by atomic mass is 16.5. The summed E-state index contributed by atoms with van der Waals surface area (Å²) in [6.07, 6.45) is 0.469. The Morgan fingerprint density at radius 3 is 3.13 bits per heavy atom. The van der Waals surface area contributed by atoms with Gasteiger partial charge in [0.05, 0.1) is 12.0 Å². The molecular formula is C11H10N2O2. The van der Waals surface area contributed by atoms with Crippen LogP contribution in [0.15, 0.2) is 22.7 Å². The minimum atomic E-state index is 0.0741. The zero-order valence-electron chi connectivity index (χ0n) is 8.03. The number of aromatic nitrogens is 1. The second-order valence-corrected chi connectivity index (χ2v) is 3.05. The molecule has 0 bridgehead atoms. The lowest BCUT2D eigenvalue weighted by Crippen LogP contribution is -1.84. The largest absolute Gasteiger partial charge is 0.395 e. The number of benzene rings is 1. The fourth-order valence-electron chi connectivity index (χ4n) is 1.26. The van der Waals surface area contributed by atoms with Crippen molar-refractivity contribution in [2.75, 3.05) is 12.3 Å². The predicted molar refractivity (Wildman–Crippen MR) is 57.0 cm³/mol. The van der Waals surface area contributed by atoms with Crippen LogP contribution in [-0.4, -0.2) is 16.9 Å². The Kier molecular flexibility index (Phi) is 2.57. The van der Waals surface area contributed by atoms with Crippen LogP contribution in [0.4, 0.5) is 5.82 Å². The molecule has 1 aromatic carbocycles. The van der Waals surface area contributed by atoms with Crippen molar-refractivity contribution >= 4 is 16.8 Å². The minimum Gasteiger partial charge on any atom is -0.395 e. The van der Waals surface area contributed by atoms with Crippen LogP contribution >= 0.6 is 0 Å². The van der Waals surface area contributed by atoms with E-state index in [4.69, 9.17) is 15.4 Å². The van der Waals surface area contributed by atoms with E-state index in [9.17, 15) is 0 Å². The van der Waals surface area contributed by atoms with E-state index in [0.717, 1.165) is 10.9 Å². The van der Waals surface area contributed by atoms with Crippen LogP contribution in [0.3, 0.4) is 0 Å². The highest BCUT2D eigenvalue weighted by molar-refractivity contribution is 5.87. The molecule has 0 aliphatic heterocycles. The molecule has 0 saturated heterocycles. The SMILES string of the molecule is Nc1noc2ccc(C#CCCO)cc12. The smallest absolute Gasteiger partial charge is 0.174 e. The van der Waals surface area contributed by atoms with Gasteiger partial charge in [-0.2, -0.15) is 0 Å². The average molecular weight is 202 g/mol. The van der Waals surface area contributed by atoms with Crippen LogP contribution in [-0.2, 0) is 0 Å². The number of aliphatic hydroxyl groups excluding tert-OH is 1. The number of aliphatic hydroxyl groups is 1. The van der Waals surface area contributed by atoms with Gasteiger partial charge in [-0.25, -0.2) is 0 Å². The fraction of sp³-hybridized carbons (Fsp3) is 0.182. The first-order chi connectivity index (χ1) is 7.31. The lowest BCUT2D eigenvalue weighted by Gasteiger charge is -1.90. The number of nitrogens with zero attached hydrogens (tertiary/aromatic N) is 1. The van der Waals surface area contributed by atoms with E-state index in [-0.39, 0.29) is 6.61 Å². The van der Waals surface area contributed by atoms with Crippen molar-refractivity contribution in [2.24, 2.45) is 0 Å². The standard InChI is InChI=1S/C11H10N2O2/c12-11-9-7-8(3-1-2-6-14)4-5-10(9)15-13-11/h4-5,7,14H,2,6H2,(H2,12,13). The summed E-state index contributed by atoms with van der Waals surface area (Å²) >= 11 is 0. The highest BCUT2D eigenvalue weighted by Gasteiger charge is 2.03. The van der Waals surface area contributed by atoms with Crippen LogP contribution in [0.25, 0.3) is 11.0 Å². The molecule has 15 heavy (non-hydrogen) atoms. The number of hydrogen-bond acceptors (Lipinski definition) is 4. The van der Waals surface area contributed by atoms with Crippen LogP contribution in [0.1, 0.15) is 12.0 Å². The molecule has 1 heterocycles. The Bertz CT molecular complexity index is 534. The summed E-state index contributed by atoms with van der Waals surface area (Å²) in [5.41, 5.74) is 7.10. The third-order valence-electron chi connectivity index (χ3n) is 1.97. The number of nitrogen functional groups attached to an aromatic ring is 1. The number of anilines is 1. The first-order valence-electron chi connectivity index (χ1n) is 4.56. The molecule has 4 nitrogen and oxygen atoms in total. The summed E-state index contributed by atoms with van der Waals surface area (Å²) in [7, 11) is 0. The Morgan fingerprint density at radius 1 is 1.47 bits per heavy atom. The Balaban J connectivity index is 2.38. The van der Waals surface area contributed by atoms with Crippen molar-refractivity contribution < 1.29 is 9.63 Å². The molecule has 0 radical (unpaired) electrons. The molecule has 0 amide bonds. The summed E-state index contributed by atoms with van der Waals surface area (Å²) in [5.74, 6) is 6.13. The van der Waals surface area contributed by atoms with Gasteiger partial charge in [-0.1, -0.05) is 17.0 Å². The predicted octanol–water partition coefficient (Wildman–Crippen LogP) is 1.14. The monoisotopic (exact) mass is 202 g/mol. The molecule has 0 fully saturated rings. The quantitative estimate of drug-likeness (QED) is 0.680. The van der Waals surface area contributed by atoms with Crippen LogP contribution in [0.5, 0.6) is 0 Å². The van der Waals surface area contributed by atoms with E-state index in [1.807, 2.05) is 12.1 Å². The van der Waals surface area contributed by atoms with Crippen LogP contribution < -0.4 is 5.73 Å². The van der Waals surface area contributed by atoms with Gasteiger partial charge in [0.1, 0.15) is 0 Å². The van der Waals surface area contributed by atoms with E-state index in [1.54, 1.807) is 6.07 Å². The van der Waals surface area contributed by atoms with Gasteiger partial charge in [-0.3, -0.25) is 0 Å². The maximum atomic E-state index is 8.58. The van der Waals surface area contributed by atoms with Crippen molar-refractivity contribution in [3.63, 3.8) is 0 Å². The van der Waals surface area contributed by atoms with Gasteiger partial charge in [0.15, 0.2) is 11.4 Å². The second-order valence-electron chi connectivity index (χ2n) is 3.05. The van der Waals surface area contributed by atoms with E-state index < -0.39 is 0 Å². The van der Waals surface area contributed by atoms with Crippen LogP contribution in [0, 0.1) is 11.8 Å². The second kappa shape index (κ2) is 4.03. The minimum absolute atomic E-state index is 0.0741. The molecule has 1 aromatic heterocycles. The zero-order valence-corrected chi connectivity index (χ0v) is 8.03. The fourth-order valence-corrected chi connectivity index (χ4v) is 1.26. The van der Waals surface area contributed by atoms with Gasteiger partial charge in [-0.05, 0) is 18.2 Å². The van der Waals surface area contributed by atoms with Gasteiger partial charge in [0.25, 0.3) is 0 Å². The van der Waals surface area contributed by atoms with E-state index in [0.29, 0.717) is 17.8 Å². The maximum absolute atomic E-state index is 8.58. The molecular weight excluding hydrogens is 192 g/mol. The number of hydrogen-bond donors (Lipinski definition) is 2. The summed E-state index contributed by atoms with van der Waals surface area (Å²) in [6, 6.07) is 5.44. The van der Waals surface area contributed by atoms with Crippen molar-refractivity contribution in [3.05, 3.63) is 23.8 Å².